The summed E-state index contributed by atoms with van der Waals surface area (Å²) < 4.78 is 5.23. The number of nitrogens with zero attached hydrogens (tertiary/aromatic N) is 2. The maximum absolute atomic E-state index is 12.6. The Kier molecular flexibility index (Phi) is 8.63. The van der Waals surface area contributed by atoms with Crippen LogP contribution in [-0.2, 0) is 20.9 Å². The zero-order chi connectivity index (χ0) is 23.6. The number of thioether (sulfide) groups is 1. The molecule has 0 aliphatic rings. The third kappa shape index (κ3) is 7.20. The van der Waals surface area contributed by atoms with Crippen LogP contribution in [0.5, 0.6) is 0 Å². The molecule has 1 N–H and O–H groups in total. The predicted octanol–water partition coefficient (Wildman–Crippen LogP) is 4.17. The maximum Gasteiger partial charge on any atom is 0.339 e. The number of nitriles is 1. The van der Waals surface area contributed by atoms with Gasteiger partial charge in [-0.15, -0.1) is 23.1 Å². The fourth-order valence-corrected chi connectivity index (χ4v) is 4.41. The minimum atomic E-state index is -0.627. The summed E-state index contributed by atoms with van der Waals surface area (Å²) in [5.41, 5.74) is 1.26. The van der Waals surface area contributed by atoms with Gasteiger partial charge in [-0.2, -0.15) is 5.26 Å². The molecule has 33 heavy (non-hydrogen) atoms. The number of amides is 2. The van der Waals surface area contributed by atoms with Gasteiger partial charge in [-0.05, 0) is 41.8 Å². The molecule has 0 atom stereocenters. The summed E-state index contributed by atoms with van der Waals surface area (Å²) in [7, 11) is 1.66. The smallest absolute Gasteiger partial charge is 0.339 e. The molecule has 9 heteroatoms. The van der Waals surface area contributed by atoms with Gasteiger partial charge in [0.2, 0.25) is 5.91 Å². The van der Waals surface area contributed by atoms with Crippen molar-refractivity contribution >= 4 is 46.6 Å². The van der Waals surface area contributed by atoms with Crippen LogP contribution in [-0.4, -0.2) is 42.1 Å². The molecule has 0 bridgehead atoms. The number of ether oxygens (including phenoxy) is 1. The van der Waals surface area contributed by atoms with E-state index in [0.29, 0.717) is 22.7 Å². The number of esters is 1. The lowest BCUT2D eigenvalue weighted by atomic mass is 10.2. The van der Waals surface area contributed by atoms with E-state index in [2.05, 4.69) is 5.32 Å². The van der Waals surface area contributed by atoms with Gasteiger partial charge in [-0.3, -0.25) is 9.59 Å². The highest BCUT2D eigenvalue weighted by molar-refractivity contribution is 8.00. The lowest BCUT2D eigenvalue weighted by Gasteiger charge is -2.16. The molecular formula is C24H21N3O4S2. The van der Waals surface area contributed by atoms with E-state index in [0.717, 1.165) is 4.88 Å². The van der Waals surface area contributed by atoms with Gasteiger partial charge in [0.25, 0.3) is 5.91 Å². The lowest BCUT2D eigenvalue weighted by molar-refractivity contribution is -0.133. The monoisotopic (exact) mass is 479 g/mol. The Morgan fingerprint density at radius 2 is 1.94 bits per heavy atom. The first-order valence-corrected chi connectivity index (χ1v) is 11.8. The molecule has 0 saturated heterocycles. The largest absolute Gasteiger partial charge is 0.452 e. The molecule has 0 radical (unpaired) electrons. The number of carbonyl (C=O) groups is 3. The molecule has 1 heterocycles. The average Bonchev–Trinajstić information content (AvgIpc) is 3.34. The second-order valence-electron chi connectivity index (χ2n) is 6.93. The third-order valence-electron chi connectivity index (χ3n) is 4.47. The molecule has 2 aromatic carbocycles. The molecule has 0 spiro atoms. The Morgan fingerprint density at radius 3 is 2.70 bits per heavy atom. The zero-order valence-electron chi connectivity index (χ0n) is 17.8. The summed E-state index contributed by atoms with van der Waals surface area (Å²) in [6.45, 7) is 0.0856. The Hall–Kier alpha value is -3.61. The minimum absolute atomic E-state index is 0.0591. The van der Waals surface area contributed by atoms with Crippen LogP contribution in [0.3, 0.4) is 0 Å². The first-order valence-electron chi connectivity index (χ1n) is 9.91. The molecule has 0 fully saturated rings. The van der Waals surface area contributed by atoms with Crippen molar-refractivity contribution < 1.29 is 19.1 Å². The van der Waals surface area contributed by atoms with E-state index in [-0.39, 0.29) is 29.7 Å². The van der Waals surface area contributed by atoms with E-state index in [4.69, 9.17) is 10.00 Å². The molecule has 168 valence electrons. The van der Waals surface area contributed by atoms with Crippen molar-refractivity contribution in [2.45, 2.75) is 11.4 Å². The summed E-state index contributed by atoms with van der Waals surface area (Å²) in [5.74, 6) is -1.15. The van der Waals surface area contributed by atoms with Crippen LogP contribution in [0.15, 0.2) is 70.9 Å². The Bertz CT molecular complexity index is 1170. The van der Waals surface area contributed by atoms with Crippen molar-refractivity contribution in [1.82, 2.24) is 4.90 Å². The Labute approximate surface area is 200 Å². The Morgan fingerprint density at radius 1 is 1.12 bits per heavy atom. The van der Waals surface area contributed by atoms with Gasteiger partial charge >= 0.3 is 5.97 Å². The molecule has 3 rings (SSSR count). The van der Waals surface area contributed by atoms with E-state index in [1.54, 1.807) is 66.9 Å². The molecule has 0 aliphatic heterocycles. The van der Waals surface area contributed by atoms with Gasteiger partial charge in [0.1, 0.15) is 0 Å². The van der Waals surface area contributed by atoms with E-state index < -0.39 is 5.97 Å². The third-order valence-corrected chi connectivity index (χ3v) is 6.40. The van der Waals surface area contributed by atoms with Crippen molar-refractivity contribution in [3.63, 3.8) is 0 Å². The van der Waals surface area contributed by atoms with Crippen LogP contribution in [0.1, 0.15) is 20.8 Å². The first-order chi connectivity index (χ1) is 16.0. The number of carbonyl (C=O) groups excluding carboxylic acids is 3. The zero-order valence-corrected chi connectivity index (χ0v) is 19.4. The second-order valence-corrected chi connectivity index (χ2v) is 8.98. The van der Waals surface area contributed by atoms with Crippen LogP contribution < -0.4 is 5.32 Å². The van der Waals surface area contributed by atoms with Crippen LogP contribution in [0.25, 0.3) is 0 Å². The molecule has 3 aromatic rings. The van der Waals surface area contributed by atoms with E-state index >= 15 is 0 Å². The van der Waals surface area contributed by atoms with Gasteiger partial charge in [0.05, 0.1) is 29.5 Å². The van der Waals surface area contributed by atoms with E-state index in [9.17, 15) is 14.4 Å². The van der Waals surface area contributed by atoms with E-state index in [1.807, 2.05) is 23.6 Å². The number of rotatable bonds is 9. The highest BCUT2D eigenvalue weighted by atomic mass is 32.2. The summed E-state index contributed by atoms with van der Waals surface area (Å²) in [6, 6.07) is 19.2. The summed E-state index contributed by atoms with van der Waals surface area (Å²) in [5, 5.41) is 13.6. The highest BCUT2D eigenvalue weighted by Gasteiger charge is 2.17. The molecule has 1 aromatic heterocycles. The van der Waals surface area contributed by atoms with Gasteiger partial charge < -0.3 is 15.0 Å². The predicted molar refractivity (Wildman–Crippen MR) is 128 cm³/mol. The fraction of sp³-hybridized carbons (Fsp3) is 0.167. The molecule has 2 amide bonds. The van der Waals surface area contributed by atoms with Crippen molar-refractivity contribution in [2.24, 2.45) is 0 Å². The summed E-state index contributed by atoms with van der Waals surface area (Å²) in [6.07, 6.45) is 0. The Balaban J connectivity index is 1.53. The van der Waals surface area contributed by atoms with Crippen LogP contribution in [0.4, 0.5) is 5.69 Å². The van der Waals surface area contributed by atoms with Crippen molar-refractivity contribution in [2.75, 3.05) is 24.7 Å². The van der Waals surface area contributed by atoms with Gasteiger partial charge in [-0.25, -0.2) is 4.79 Å². The fourth-order valence-electron chi connectivity index (χ4n) is 2.81. The number of anilines is 1. The number of hydrogen-bond acceptors (Lipinski definition) is 7. The van der Waals surface area contributed by atoms with Crippen molar-refractivity contribution in [3.05, 3.63) is 82.0 Å². The summed E-state index contributed by atoms with van der Waals surface area (Å²) >= 11 is 2.73. The normalized spacial score (nSPS) is 10.2. The van der Waals surface area contributed by atoms with Gasteiger partial charge in [0.15, 0.2) is 6.61 Å². The molecule has 0 aliphatic carbocycles. The SMILES string of the molecule is CN(Cc1cccs1)C(=O)COC(=O)c1ccccc1SCC(=O)Nc1cccc(C#N)c1. The van der Waals surface area contributed by atoms with Crippen LogP contribution >= 0.6 is 23.1 Å². The minimum Gasteiger partial charge on any atom is -0.452 e. The quantitative estimate of drug-likeness (QED) is 0.365. The van der Waals surface area contributed by atoms with Crippen LogP contribution in [0.2, 0.25) is 0 Å². The molecule has 0 unspecified atom stereocenters. The number of thiophene rings is 1. The standard InChI is InChI=1S/C24H21N3O4S2/c1-27(14-19-8-5-11-32-19)23(29)15-31-24(30)20-9-2-3-10-21(20)33-16-22(28)26-18-7-4-6-17(12-18)13-25/h2-12H,14-16H2,1H3,(H,26,28). The van der Waals surface area contributed by atoms with Gasteiger partial charge in [-0.1, -0.05) is 24.3 Å². The number of hydrogen-bond donors (Lipinski definition) is 1. The highest BCUT2D eigenvalue weighted by Crippen LogP contribution is 2.24. The van der Waals surface area contributed by atoms with Crippen molar-refractivity contribution in [1.29, 1.82) is 5.26 Å². The molecular weight excluding hydrogens is 458 g/mol. The van der Waals surface area contributed by atoms with Crippen molar-refractivity contribution in [3.8, 4) is 6.07 Å². The van der Waals surface area contributed by atoms with Gasteiger partial charge in [0, 0.05) is 22.5 Å². The van der Waals surface area contributed by atoms with E-state index in [1.165, 1.54) is 16.7 Å². The summed E-state index contributed by atoms with van der Waals surface area (Å²) in [4.78, 5) is 40.3. The van der Waals surface area contributed by atoms with Crippen LogP contribution in [0, 0.1) is 11.3 Å². The first kappa shape index (κ1) is 24.0. The molecule has 7 nitrogen and oxygen atoms in total. The maximum atomic E-state index is 12.6. The molecule has 0 saturated carbocycles. The number of benzene rings is 2. The number of likely N-dealkylation sites (N-methyl/N-ethyl adjacent to an activating group) is 1. The topological polar surface area (TPSA) is 99.5 Å². The lowest BCUT2D eigenvalue weighted by Crippen LogP contribution is -2.30. The number of nitrogens with one attached hydrogen (secondary N) is 1. The second kappa shape index (κ2) is 11.9. The average molecular weight is 480 g/mol.